The van der Waals surface area contributed by atoms with Crippen LogP contribution in [0, 0.1) is 0 Å². The average Bonchev–Trinajstić information content (AvgIpc) is 2.93. The second kappa shape index (κ2) is 8.48. The maximum absolute atomic E-state index is 11.2. The van der Waals surface area contributed by atoms with Gasteiger partial charge in [-0.05, 0) is 19.1 Å². The fraction of sp³-hybridized carbons (Fsp3) is 0.667. The largest absolute Gasteiger partial charge is 0.469 e. The maximum Gasteiger partial charge on any atom is 0.310 e. The molecule has 1 aromatic rings. The molecule has 118 valence electrons. The van der Waals surface area contributed by atoms with E-state index >= 15 is 0 Å². The van der Waals surface area contributed by atoms with Gasteiger partial charge in [0.25, 0.3) is 0 Å². The van der Waals surface area contributed by atoms with Crippen molar-refractivity contribution in [3.8, 4) is 0 Å². The molecule has 0 saturated carbocycles. The Morgan fingerprint density at radius 1 is 1.43 bits per heavy atom. The minimum Gasteiger partial charge on any atom is -0.469 e. The lowest BCUT2D eigenvalue weighted by Gasteiger charge is -2.29. The number of nitrogens with one attached hydrogen (secondary N) is 1. The molecule has 1 N–H and O–H groups in total. The molecule has 0 aliphatic carbocycles. The molecule has 6 heteroatoms. The molecule has 21 heavy (non-hydrogen) atoms. The van der Waals surface area contributed by atoms with Crippen LogP contribution in [0.3, 0.4) is 0 Å². The summed E-state index contributed by atoms with van der Waals surface area (Å²) in [6, 6.07) is 4.53. The number of carbonyl (C=O) groups excluding carboxylic acids is 1. The molecule has 2 rings (SSSR count). The van der Waals surface area contributed by atoms with Gasteiger partial charge >= 0.3 is 5.97 Å². The lowest BCUT2D eigenvalue weighted by atomic mass is 10.2. The van der Waals surface area contributed by atoms with Crippen LogP contribution in [0.15, 0.2) is 12.1 Å². The van der Waals surface area contributed by atoms with Crippen molar-refractivity contribution in [3.05, 3.63) is 21.9 Å². The van der Waals surface area contributed by atoms with Crippen LogP contribution in [0.1, 0.15) is 16.7 Å². The lowest BCUT2D eigenvalue weighted by molar-refractivity contribution is -0.139. The van der Waals surface area contributed by atoms with Crippen LogP contribution < -0.4 is 5.32 Å². The monoisotopic (exact) mass is 312 g/mol. The van der Waals surface area contributed by atoms with E-state index in [1.807, 2.05) is 6.07 Å². The summed E-state index contributed by atoms with van der Waals surface area (Å²) in [6.07, 6.45) is 0.366. The Balaban J connectivity index is 1.70. The van der Waals surface area contributed by atoms with Crippen LogP contribution in [0.5, 0.6) is 0 Å². The highest BCUT2D eigenvalue weighted by molar-refractivity contribution is 7.12. The van der Waals surface area contributed by atoms with E-state index in [2.05, 4.69) is 27.9 Å². The number of hydrogen-bond donors (Lipinski definition) is 1. The third-order valence-electron chi connectivity index (χ3n) is 3.52. The van der Waals surface area contributed by atoms with Gasteiger partial charge in [-0.1, -0.05) is 0 Å². The maximum atomic E-state index is 11.2. The topological polar surface area (TPSA) is 50.8 Å². The summed E-state index contributed by atoms with van der Waals surface area (Å²) in [4.78, 5) is 16.0. The van der Waals surface area contributed by atoms with E-state index in [1.54, 1.807) is 11.3 Å². The van der Waals surface area contributed by atoms with Gasteiger partial charge in [-0.2, -0.15) is 0 Å². The predicted octanol–water partition coefficient (Wildman–Crippen LogP) is 1.27. The SMILES string of the molecule is COC(=O)Cc1ccc(CNC(C)CN2CCOCC2)s1. The van der Waals surface area contributed by atoms with Crippen LogP contribution >= 0.6 is 11.3 Å². The minimum atomic E-state index is -0.183. The highest BCUT2D eigenvalue weighted by atomic mass is 32.1. The molecular formula is C15H24N2O3S. The van der Waals surface area contributed by atoms with Crippen LogP contribution in [-0.2, 0) is 27.2 Å². The summed E-state index contributed by atoms with van der Waals surface area (Å²) in [5.41, 5.74) is 0. The molecule has 1 atom stereocenters. The van der Waals surface area contributed by atoms with Crippen molar-refractivity contribution < 1.29 is 14.3 Å². The highest BCUT2D eigenvalue weighted by Gasteiger charge is 2.13. The van der Waals surface area contributed by atoms with E-state index in [0.717, 1.165) is 44.3 Å². The molecule has 0 bridgehead atoms. The molecule has 0 spiro atoms. The highest BCUT2D eigenvalue weighted by Crippen LogP contribution is 2.17. The first kappa shape index (κ1) is 16.4. The Labute approximate surface area is 130 Å². The van der Waals surface area contributed by atoms with Gasteiger partial charge in [0, 0.05) is 42.0 Å². The Bertz CT molecular complexity index is 444. The van der Waals surface area contributed by atoms with Crippen molar-refractivity contribution in [1.29, 1.82) is 0 Å². The number of esters is 1. The molecule has 0 aromatic carbocycles. The molecule has 5 nitrogen and oxygen atoms in total. The Morgan fingerprint density at radius 2 is 2.14 bits per heavy atom. The van der Waals surface area contributed by atoms with Gasteiger partial charge in [0.05, 0.1) is 26.7 Å². The normalized spacial score (nSPS) is 17.6. The number of thiophene rings is 1. The molecule has 1 aliphatic heterocycles. The van der Waals surface area contributed by atoms with E-state index in [4.69, 9.17) is 4.74 Å². The van der Waals surface area contributed by atoms with Crippen LogP contribution in [0.4, 0.5) is 0 Å². The zero-order chi connectivity index (χ0) is 15.1. The number of morpholine rings is 1. The molecule has 1 unspecified atom stereocenters. The first-order valence-electron chi connectivity index (χ1n) is 7.35. The summed E-state index contributed by atoms with van der Waals surface area (Å²) in [5.74, 6) is -0.183. The number of carbonyl (C=O) groups is 1. The molecule has 2 heterocycles. The summed E-state index contributed by atoms with van der Waals surface area (Å²) < 4.78 is 10.0. The van der Waals surface area contributed by atoms with Crippen molar-refractivity contribution in [2.45, 2.75) is 25.9 Å². The number of hydrogen-bond acceptors (Lipinski definition) is 6. The number of methoxy groups -OCH3 is 1. The zero-order valence-electron chi connectivity index (χ0n) is 12.8. The van der Waals surface area contributed by atoms with Crippen molar-refractivity contribution in [2.24, 2.45) is 0 Å². The van der Waals surface area contributed by atoms with Crippen LogP contribution in [0.25, 0.3) is 0 Å². The van der Waals surface area contributed by atoms with E-state index in [9.17, 15) is 4.79 Å². The van der Waals surface area contributed by atoms with Gasteiger partial charge in [-0.3, -0.25) is 9.69 Å². The summed E-state index contributed by atoms with van der Waals surface area (Å²) in [6.45, 7) is 7.82. The minimum absolute atomic E-state index is 0.183. The van der Waals surface area contributed by atoms with Crippen molar-refractivity contribution >= 4 is 17.3 Å². The molecule has 0 amide bonds. The molecular weight excluding hydrogens is 288 g/mol. The van der Waals surface area contributed by atoms with Crippen molar-refractivity contribution in [3.63, 3.8) is 0 Å². The van der Waals surface area contributed by atoms with Crippen LogP contribution in [-0.4, -0.2) is 56.9 Å². The summed E-state index contributed by atoms with van der Waals surface area (Å²) in [7, 11) is 1.42. The van der Waals surface area contributed by atoms with Gasteiger partial charge in [0.15, 0.2) is 0 Å². The smallest absolute Gasteiger partial charge is 0.310 e. The molecule has 1 saturated heterocycles. The molecule has 0 radical (unpaired) electrons. The Morgan fingerprint density at radius 3 is 2.86 bits per heavy atom. The van der Waals surface area contributed by atoms with E-state index in [0.29, 0.717) is 12.5 Å². The number of ether oxygens (including phenoxy) is 2. The molecule has 1 aromatic heterocycles. The first-order chi connectivity index (χ1) is 10.2. The van der Waals surface area contributed by atoms with Gasteiger partial charge in [0.2, 0.25) is 0 Å². The van der Waals surface area contributed by atoms with Gasteiger partial charge in [0.1, 0.15) is 0 Å². The van der Waals surface area contributed by atoms with Gasteiger partial charge in [-0.25, -0.2) is 0 Å². The lowest BCUT2D eigenvalue weighted by Crippen LogP contribution is -2.44. The van der Waals surface area contributed by atoms with E-state index < -0.39 is 0 Å². The fourth-order valence-corrected chi connectivity index (χ4v) is 3.29. The van der Waals surface area contributed by atoms with Gasteiger partial charge in [-0.15, -0.1) is 11.3 Å². The third-order valence-corrected chi connectivity index (χ3v) is 4.61. The Hall–Kier alpha value is -0.950. The second-order valence-electron chi connectivity index (χ2n) is 5.32. The Kier molecular flexibility index (Phi) is 6.63. The summed E-state index contributed by atoms with van der Waals surface area (Å²) >= 11 is 1.67. The first-order valence-corrected chi connectivity index (χ1v) is 8.17. The standard InChI is InChI=1S/C15H24N2O3S/c1-12(11-17-5-7-20-8-6-17)16-10-14-4-3-13(21-14)9-15(18)19-2/h3-4,12,16H,5-11H2,1-2H3. The van der Waals surface area contributed by atoms with E-state index in [-0.39, 0.29) is 5.97 Å². The average molecular weight is 312 g/mol. The molecule has 1 fully saturated rings. The fourth-order valence-electron chi connectivity index (χ4n) is 2.34. The van der Waals surface area contributed by atoms with Crippen molar-refractivity contribution in [1.82, 2.24) is 10.2 Å². The zero-order valence-corrected chi connectivity index (χ0v) is 13.6. The quantitative estimate of drug-likeness (QED) is 0.769. The second-order valence-corrected chi connectivity index (χ2v) is 6.57. The van der Waals surface area contributed by atoms with Crippen LogP contribution in [0.2, 0.25) is 0 Å². The van der Waals surface area contributed by atoms with Crippen molar-refractivity contribution in [2.75, 3.05) is 40.0 Å². The summed E-state index contributed by atoms with van der Waals surface area (Å²) in [5, 5.41) is 3.54. The number of nitrogens with zero attached hydrogens (tertiary/aromatic N) is 1. The predicted molar refractivity (Wildman–Crippen MR) is 83.6 cm³/mol. The van der Waals surface area contributed by atoms with E-state index in [1.165, 1.54) is 12.0 Å². The molecule has 1 aliphatic rings. The number of rotatable bonds is 7. The third kappa shape index (κ3) is 5.74. The van der Waals surface area contributed by atoms with Gasteiger partial charge < -0.3 is 14.8 Å².